The molecule has 2 rings (SSSR count). The maximum Gasteiger partial charge on any atom is 0.345 e. The van der Waals surface area contributed by atoms with Gasteiger partial charge in [0.2, 0.25) is 0 Å². The van der Waals surface area contributed by atoms with Crippen LogP contribution in [0.25, 0.3) is 5.65 Å². The van der Waals surface area contributed by atoms with E-state index >= 15 is 0 Å². The van der Waals surface area contributed by atoms with E-state index in [1.807, 2.05) is 0 Å². The third-order valence-electron chi connectivity index (χ3n) is 2.72. The van der Waals surface area contributed by atoms with Crippen LogP contribution in [0.15, 0.2) is 29.3 Å². The zero-order valence-corrected chi connectivity index (χ0v) is 11.7. The van der Waals surface area contributed by atoms with Gasteiger partial charge in [0, 0.05) is 12.4 Å². The van der Waals surface area contributed by atoms with Crippen molar-refractivity contribution in [1.82, 2.24) is 9.38 Å². The lowest BCUT2D eigenvalue weighted by Gasteiger charge is -2.07. The molecule has 7 nitrogen and oxygen atoms in total. The van der Waals surface area contributed by atoms with Crippen LogP contribution in [-0.4, -0.2) is 34.5 Å². The molecule has 2 aromatic rings. The summed E-state index contributed by atoms with van der Waals surface area (Å²) in [5.74, 6) is -1.32. The highest BCUT2D eigenvalue weighted by atomic mass is 16.5. The second kappa shape index (κ2) is 6.17. The van der Waals surface area contributed by atoms with Crippen molar-refractivity contribution >= 4 is 17.6 Å². The first kappa shape index (κ1) is 14.7. The quantitative estimate of drug-likeness (QED) is 0.782. The Bertz CT molecular complexity index is 751. The molecule has 0 radical (unpaired) electrons. The molecule has 7 heteroatoms. The van der Waals surface area contributed by atoms with E-state index in [0.29, 0.717) is 0 Å². The van der Waals surface area contributed by atoms with Crippen molar-refractivity contribution in [1.29, 1.82) is 0 Å². The van der Waals surface area contributed by atoms with E-state index in [1.54, 1.807) is 13.8 Å². The van der Waals surface area contributed by atoms with Crippen LogP contribution < -0.4 is 5.56 Å². The van der Waals surface area contributed by atoms with Crippen LogP contribution in [0.1, 0.15) is 34.6 Å². The van der Waals surface area contributed by atoms with Crippen LogP contribution in [0.4, 0.5) is 0 Å². The van der Waals surface area contributed by atoms with E-state index in [-0.39, 0.29) is 30.0 Å². The first-order valence-corrected chi connectivity index (χ1v) is 6.44. The molecule has 0 aromatic carbocycles. The molecule has 2 aromatic heterocycles. The highest BCUT2D eigenvalue weighted by molar-refractivity contribution is 5.96. The normalized spacial score (nSPS) is 10.4. The predicted octanol–water partition coefficient (Wildman–Crippen LogP) is 1.05. The molecule has 0 N–H and O–H groups in total. The summed E-state index contributed by atoms with van der Waals surface area (Å²) < 4.78 is 10.8. The van der Waals surface area contributed by atoms with Crippen molar-refractivity contribution in [3.8, 4) is 0 Å². The molecule has 0 saturated carbocycles. The molecule has 0 aliphatic carbocycles. The summed E-state index contributed by atoms with van der Waals surface area (Å²) in [4.78, 5) is 39.7. The molecule has 2 heterocycles. The molecule has 0 fully saturated rings. The van der Waals surface area contributed by atoms with Crippen molar-refractivity contribution in [2.24, 2.45) is 0 Å². The molecule has 0 aliphatic rings. The van der Waals surface area contributed by atoms with Gasteiger partial charge in [0.25, 0.3) is 5.56 Å². The first-order valence-electron chi connectivity index (χ1n) is 6.44. The Labute approximate surface area is 120 Å². The van der Waals surface area contributed by atoms with Crippen LogP contribution in [0.5, 0.6) is 0 Å². The summed E-state index contributed by atoms with van der Waals surface area (Å²) >= 11 is 0. The third-order valence-corrected chi connectivity index (χ3v) is 2.72. The van der Waals surface area contributed by atoms with E-state index in [1.165, 1.54) is 18.3 Å². The summed E-state index contributed by atoms with van der Waals surface area (Å²) in [6, 6.07) is 3.01. The predicted molar refractivity (Wildman–Crippen MR) is 73.4 cm³/mol. The summed E-state index contributed by atoms with van der Waals surface area (Å²) in [7, 11) is 0. The van der Waals surface area contributed by atoms with Gasteiger partial charge in [-0.25, -0.2) is 14.6 Å². The standard InChI is InChI=1S/C14H14N2O5/c1-3-20-13(18)9-6-5-7-16-11(9)15-8-10(12(16)17)14(19)21-4-2/h5-8H,3-4H2,1-2H3. The fourth-order valence-electron chi connectivity index (χ4n) is 1.82. The van der Waals surface area contributed by atoms with Crippen molar-refractivity contribution in [3.63, 3.8) is 0 Å². The highest BCUT2D eigenvalue weighted by Crippen LogP contribution is 2.09. The van der Waals surface area contributed by atoms with E-state index in [9.17, 15) is 14.4 Å². The summed E-state index contributed by atoms with van der Waals surface area (Å²) in [5, 5.41) is 0. The summed E-state index contributed by atoms with van der Waals surface area (Å²) in [6.07, 6.45) is 2.54. The Balaban J connectivity index is 2.60. The minimum absolute atomic E-state index is 0.133. The maximum absolute atomic E-state index is 12.2. The van der Waals surface area contributed by atoms with Crippen molar-refractivity contribution in [2.45, 2.75) is 13.8 Å². The lowest BCUT2D eigenvalue weighted by Crippen LogP contribution is -2.25. The van der Waals surface area contributed by atoms with Crippen LogP contribution in [0.3, 0.4) is 0 Å². The van der Waals surface area contributed by atoms with Gasteiger partial charge >= 0.3 is 11.9 Å². The molecule has 110 valence electrons. The van der Waals surface area contributed by atoms with Crippen molar-refractivity contribution < 1.29 is 19.1 Å². The van der Waals surface area contributed by atoms with E-state index in [2.05, 4.69) is 4.98 Å². The topological polar surface area (TPSA) is 87.0 Å². The van der Waals surface area contributed by atoms with Gasteiger partial charge in [0.15, 0.2) is 5.65 Å². The van der Waals surface area contributed by atoms with Gasteiger partial charge in [-0.2, -0.15) is 0 Å². The minimum atomic E-state index is -0.745. The number of pyridine rings is 1. The zero-order chi connectivity index (χ0) is 15.4. The lowest BCUT2D eigenvalue weighted by atomic mass is 10.2. The van der Waals surface area contributed by atoms with E-state index in [0.717, 1.165) is 10.6 Å². The Kier molecular flexibility index (Phi) is 4.32. The number of ether oxygens (including phenoxy) is 2. The van der Waals surface area contributed by atoms with Crippen LogP contribution in [0, 0.1) is 0 Å². The number of nitrogens with zero attached hydrogens (tertiary/aromatic N) is 2. The van der Waals surface area contributed by atoms with Crippen molar-refractivity contribution in [3.05, 3.63) is 46.0 Å². The molecule has 0 aliphatic heterocycles. The van der Waals surface area contributed by atoms with Crippen LogP contribution in [-0.2, 0) is 9.47 Å². The first-order chi connectivity index (χ1) is 10.1. The second-order valence-corrected chi connectivity index (χ2v) is 4.03. The molecule has 0 spiro atoms. The van der Waals surface area contributed by atoms with Crippen LogP contribution in [0.2, 0.25) is 0 Å². The Morgan fingerprint density at radius 3 is 2.38 bits per heavy atom. The number of aromatic nitrogens is 2. The average Bonchev–Trinajstić information content (AvgIpc) is 2.47. The summed E-state index contributed by atoms with van der Waals surface area (Å²) in [5.41, 5.74) is -0.485. The lowest BCUT2D eigenvalue weighted by molar-refractivity contribution is 0.0518. The number of carbonyl (C=O) groups is 2. The van der Waals surface area contributed by atoms with Crippen molar-refractivity contribution in [2.75, 3.05) is 13.2 Å². The Morgan fingerprint density at radius 1 is 1.14 bits per heavy atom. The second-order valence-electron chi connectivity index (χ2n) is 4.03. The molecule has 0 amide bonds. The molecule has 0 atom stereocenters. The Hall–Kier alpha value is -2.70. The zero-order valence-electron chi connectivity index (χ0n) is 11.7. The number of hydrogen-bond donors (Lipinski definition) is 0. The fraction of sp³-hybridized carbons (Fsp3) is 0.286. The molecule has 21 heavy (non-hydrogen) atoms. The number of esters is 2. The van der Waals surface area contributed by atoms with E-state index in [4.69, 9.17) is 9.47 Å². The molecule has 0 unspecified atom stereocenters. The number of fused-ring (bicyclic) bond motifs is 1. The van der Waals surface area contributed by atoms with Gasteiger partial charge in [-0.05, 0) is 26.0 Å². The van der Waals surface area contributed by atoms with Crippen LogP contribution >= 0.6 is 0 Å². The number of hydrogen-bond acceptors (Lipinski definition) is 6. The molecule has 0 saturated heterocycles. The maximum atomic E-state index is 12.2. The van der Waals surface area contributed by atoms with Gasteiger partial charge in [-0.3, -0.25) is 9.20 Å². The fourth-order valence-corrected chi connectivity index (χ4v) is 1.82. The Morgan fingerprint density at radius 2 is 1.76 bits per heavy atom. The number of rotatable bonds is 4. The van der Waals surface area contributed by atoms with Gasteiger partial charge in [-0.15, -0.1) is 0 Å². The number of carbonyl (C=O) groups excluding carboxylic acids is 2. The van der Waals surface area contributed by atoms with Gasteiger partial charge < -0.3 is 9.47 Å². The average molecular weight is 290 g/mol. The molecular weight excluding hydrogens is 276 g/mol. The highest BCUT2D eigenvalue weighted by Gasteiger charge is 2.18. The molecular formula is C14H14N2O5. The van der Waals surface area contributed by atoms with E-state index < -0.39 is 17.5 Å². The van der Waals surface area contributed by atoms with Gasteiger partial charge in [-0.1, -0.05) is 0 Å². The molecule has 0 bridgehead atoms. The third kappa shape index (κ3) is 2.76. The smallest absolute Gasteiger partial charge is 0.345 e. The van der Waals surface area contributed by atoms with Gasteiger partial charge in [0.1, 0.15) is 11.1 Å². The van der Waals surface area contributed by atoms with Gasteiger partial charge in [0.05, 0.1) is 13.2 Å². The minimum Gasteiger partial charge on any atom is -0.462 e. The largest absolute Gasteiger partial charge is 0.462 e. The SMILES string of the molecule is CCOC(=O)c1cnc2c(C(=O)OCC)cccn2c1=O. The monoisotopic (exact) mass is 290 g/mol. The summed E-state index contributed by atoms with van der Waals surface area (Å²) in [6.45, 7) is 3.69.